The fourth-order valence-electron chi connectivity index (χ4n) is 3.10. The summed E-state index contributed by atoms with van der Waals surface area (Å²) in [4.78, 5) is 28.7. The molecule has 1 N–H and O–H groups in total. The molecule has 0 bridgehead atoms. The summed E-state index contributed by atoms with van der Waals surface area (Å²) in [6.07, 6.45) is 6.03. The lowest BCUT2D eigenvalue weighted by atomic mass is 10.0. The molecule has 0 aliphatic carbocycles. The van der Waals surface area contributed by atoms with Gasteiger partial charge in [-0.05, 0) is 18.9 Å². The minimum atomic E-state index is -0.533. The number of carbonyl (C=O) groups is 1. The Balaban J connectivity index is 1.75. The number of hydrogen-bond acceptors (Lipinski definition) is 6. The van der Waals surface area contributed by atoms with Crippen LogP contribution in [0.15, 0.2) is 40.1 Å². The van der Waals surface area contributed by atoms with Crippen LogP contribution < -0.4 is 20.4 Å². The van der Waals surface area contributed by atoms with E-state index in [-0.39, 0.29) is 12.3 Å². The lowest BCUT2D eigenvalue weighted by molar-refractivity contribution is -0.120. The molecule has 148 valence electrons. The number of ether oxygens (including phenoxy) is 2. The molecule has 2 heterocycles. The van der Waals surface area contributed by atoms with Gasteiger partial charge in [0.25, 0.3) is 0 Å². The van der Waals surface area contributed by atoms with Crippen LogP contribution in [0.5, 0.6) is 11.5 Å². The molecule has 0 aliphatic heterocycles. The van der Waals surface area contributed by atoms with Gasteiger partial charge in [-0.15, -0.1) is 0 Å². The van der Waals surface area contributed by atoms with Crippen molar-refractivity contribution in [3.05, 3.63) is 52.4 Å². The largest absolute Gasteiger partial charge is 0.496 e. The summed E-state index contributed by atoms with van der Waals surface area (Å²) in [5, 5.41) is 3.50. The highest BCUT2D eigenvalue weighted by Crippen LogP contribution is 2.33. The SMILES string of the molecule is COc1cc(OC)c2c(C)c(CC(=O)NCCCn3ccnc3)c(=O)oc2c1. The van der Waals surface area contributed by atoms with Crippen LogP contribution >= 0.6 is 0 Å². The van der Waals surface area contributed by atoms with Gasteiger partial charge in [-0.1, -0.05) is 0 Å². The molecule has 0 spiro atoms. The Bertz CT molecular complexity index is 1020. The predicted octanol–water partition coefficient (Wildman–Crippen LogP) is 2.06. The maximum atomic E-state index is 12.4. The normalized spacial score (nSPS) is 10.8. The van der Waals surface area contributed by atoms with Crippen molar-refractivity contribution in [2.24, 2.45) is 0 Å². The lowest BCUT2D eigenvalue weighted by Gasteiger charge is -2.12. The van der Waals surface area contributed by atoms with Gasteiger partial charge in [0.2, 0.25) is 5.91 Å². The number of imidazole rings is 1. The number of rotatable bonds is 8. The molecule has 3 aromatic rings. The van der Waals surface area contributed by atoms with Crippen LogP contribution in [-0.2, 0) is 17.8 Å². The number of aryl methyl sites for hydroxylation is 2. The number of nitrogens with one attached hydrogen (secondary N) is 1. The van der Waals surface area contributed by atoms with E-state index in [0.717, 1.165) is 13.0 Å². The monoisotopic (exact) mass is 385 g/mol. The summed E-state index contributed by atoms with van der Waals surface area (Å²) < 4.78 is 18.0. The molecule has 0 aliphatic rings. The zero-order valence-corrected chi connectivity index (χ0v) is 16.2. The Morgan fingerprint density at radius 3 is 2.79 bits per heavy atom. The van der Waals surface area contributed by atoms with E-state index in [1.54, 1.807) is 31.6 Å². The Kier molecular flexibility index (Phi) is 5.98. The summed E-state index contributed by atoms with van der Waals surface area (Å²) in [7, 11) is 3.06. The minimum absolute atomic E-state index is 0.0512. The van der Waals surface area contributed by atoms with Crippen molar-refractivity contribution in [1.82, 2.24) is 14.9 Å². The zero-order chi connectivity index (χ0) is 20.1. The van der Waals surface area contributed by atoms with Crippen LogP contribution in [0.1, 0.15) is 17.5 Å². The number of amides is 1. The fourth-order valence-corrected chi connectivity index (χ4v) is 3.10. The van der Waals surface area contributed by atoms with Crippen molar-refractivity contribution in [3.8, 4) is 11.5 Å². The Labute approximate surface area is 162 Å². The predicted molar refractivity (Wildman–Crippen MR) is 104 cm³/mol. The van der Waals surface area contributed by atoms with Crippen LogP contribution in [0.25, 0.3) is 11.0 Å². The van der Waals surface area contributed by atoms with Gasteiger partial charge in [-0.2, -0.15) is 0 Å². The highest BCUT2D eigenvalue weighted by atomic mass is 16.5. The summed E-state index contributed by atoms with van der Waals surface area (Å²) >= 11 is 0. The third-order valence-electron chi connectivity index (χ3n) is 4.58. The minimum Gasteiger partial charge on any atom is -0.496 e. The molecule has 0 radical (unpaired) electrons. The van der Waals surface area contributed by atoms with Crippen LogP contribution in [0.4, 0.5) is 0 Å². The molecule has 2 aromatic heterocycles. The second-order valence-corrected chi connectivity index (χ2v) is 6.38. The van der Waals surface area contributed by atoms with Gasteiger partial charge in [0.05, 0.1) is 37.9 Å². The van der Waals surface area contributed by atoms with E-state index in [2.05, 4.69) is 10.3 Å². The summed E-state index contributed by atoms with van der Waals surface area (Å²) in [6, 6.07) is 3.35. The van der Waals surface area contributed by atoms with Gasteiger partial charge >= 0.3 is 5.63 Å². The van der Waals surface area contributed by atoms with Crippen LogP contribution in [0.2, 0.25) is 0 Å². The maximum Gasteiger partial charge on any atom is 0.340 e. The molecular formula is C20H23N3O5. The van der Waals surface area contributed by atoms with Crippen LogP contribution in [0, 0.1) is 6.92 Å². The van der Waals surface area contributed by atoms with E-state index in [1.165, 1.54) is 14.2 Å². The second kappa shape index (κ2) is 8.60. The average Bonchev–Trinajstić information content (AvgIpc) is 3.20. The van der Waals surface area contributed by atoms with E-state index in [4.69, 9.17) is 13.9 Å². The second-order valence-electron chi connectivity index (χ2n) is 6.38. The van der Waals surface area contributed by atoms with E-state index < -0.39 is 5.63 Å². The van der Waals surface area contributed by atoms with E-state index in [9.17, 15) is 9.59 Å². The first-order valence-electron chi connectivity index (χ1n) is 8.94. The standard InChI is InChI=1S/C20H23N3O5/c1-13-15(11-18(24)22-5-4-7-23-8-6-21-12-23)20(25)28-17-10-14(26-2)9-16(27-3)19(13)17/h6,8-10,12H,4-5,7,11H2,1-3H3,(H,22,24). The van der Waals surface area contributed by atoms with Crippen molar-refractivity contribution in [2.45, 2.75) is 26.3 Å². The molecule has 0 atom stereocenters. The van der Waals surface area contributed by atoms with Gasteiger partial charge in [0, 0.05) is 37.6 Å². The Hall–Kier alpha value is -3.29. The van der Waals surface area contributed by atoms with Gasteiger partial charge in [-0.3, -0.25) is 4.79 Å². The zero-order valence-electron chi connectivity index (χ0n) is 16.2. The third-order valence-corrected chi connectivity index (χ3v) is 4.58. The first kappa shape index (κ1) is 19.5. The number of nitrogens with zero attached hydrogens (tertiary/aromatic N) is 2. The molecule has 28 heavy (non-hydrogen) atoms. The molecule has 1 amide bonds. The topological polar surface area (TPSA) is 95.6 Å². The quantitative estimate of drug-likeness (QED) is 0.471. The number of methoxy groups -OCH3 is 2. The van der Waals surface area contributed by atoms with E-state index in [0.29, 0.717) is 40.1 Å². The van der Waals surface area contributed by atoms with Crippen LogP contribution in [-0.4, -0.2) is 36.2 Å². The Morgan fingerprint density at radius 2 is 2.11 bits per heavy atom. The molecule has 0 saturated carbocycles. The van der Waals surface area contributed by atoms with Crippen molar-refractivity contribution in [2.75, 3.05) is 20.8 Å². The molecular weight excluding hydrogens is 362 g/mol. The summed E-state index contributed by atoms with van der Waals surface area (Å²) in [5.74, 6) is 0.820. The van der Waals surface area contributed by atoms with Crippen molar-refractivity contribution in [1.29, 1.82) is 0 Å². The fraction of sp³-hybridized carbons (Fsp3) is 0.350. The average molecular weight is 385 g/mol. The van der Waals surface area contributed by atoms with Crippen LogP contribution in [0.3, 0.4) is 0 Å². The first-order valence-corrected chi connectivity index (χ1v) is 8.94. The van der Waals surface area contributed by atoms with E-state index >= 15 is 0 Å². The highest BCUT2D eigenvalue weighted by Gasteiger charge is 2.18. The van der Waals surface area contributed by atoms with Gasteiger partial charge in [0.1, 0.15) is 17.1 Å². The van der Waals surface area contributed by atoms with Gasteiger partial charge < -0.3 is 23.8 Å². The number of benzene rings is 1. The maximum absolute atomic E-state index is 12.4. The number of fused-ring (bicyclic) bond motifs is 1. The molecule has 8 heteroatoms. The molecule has 0 fully saturated rings. The van der Waals surface area contributed by atoms with E-state index in [1.807, 2.05) is 10.8 Å². The van der Waals surface area contributed by atoms with Gasteiger partial charge in [-0.25, -0.2) is 9.78 Å². The smallest absolute Gasteiger partial charge is 0.340 e. The third kappa shape index (κ3) is 4.16. The first-order chi connectivity index (χ1) is 13.5. The number of aromatic nitrogens is 2. The summed E-state index contributed by atoms with van der Waals surface area (Å²) in [5.41, 5.74) is 0.819. The van der Waals surface area contributed by atoms with Gasteiger partial charge in [0.15, 0.2) is 0 Å². The molecule has 0 saturated heterocycles. The molecule has 3 rings (SSSR count). The molecule has 1 aromatic carbocycles. The lowest BCUT2D eigenvalue weighted by Crippen LogP contribution is -2.29. The highest BCUT2D eigenvalue weighted by molar-refractivity contribution is 5.90. The Morgan fingerprint density at radius 1 is 1.29 bits per heavy atom. The molecule has 8 nitrogen and oxygen atoms in total. The van der Waals surface area contributed by atoms with Crippen molar-refractivity contribution in [3.63, 3.8) is 0 Å². The number of carbonyl (C=O) groups excluding carboxylic acids is 1. The molecule has 0 unspecified atom stereocenters. The summed E-state index contributed by atoms with van der Waals surface area (Å²) in [6.45, 7) is 3.06. The number of hydrogen-bond donors (Lipinski definition) is 1. The van der Waals surface area contributed by atoms with Crippen molar-refractivity contribution < 1.29 is 18.7 Å². The van der Waals surface area contributed by atoms with Crippen molar-refractivity contribution >= 4 is 16.9 Å².